The molecule has 0 heterocycles. The SMILES string of the molecule is COc1cc(/C=C/C(=O)NCCNC(=O)Cc2ccccc2)cc(Cl)c1OC(C)C. The number of methoxy groups -OCH3 is 1. The van der Waals surface area contributed by atoms with Crippen LogP contribution in [0.15, 0.2) is 48.5 Å². The average Bonchev–Trinajstić information content (AvgIpc) is 2.71. The summed E-state index contributed by atoms with van der Waals surface area (Å²) < 4.78 is 11.0. The maximum atomic E-state index is 12.0. The second-order valence-electron chi connectivity index (χ2n) is 6.84. The van der Waals surface area contributed by atoms with Crippen LogP contribution in [0.2, 0.25) is 5.02 Å². The molecule has 0 saturated carbocycles. The number of rotatable bonds is 10. The number of carbonyl (C=O) groups is 2. The first-order valence-corrected chi connectivity index (χ1v) is 10.1. The summed E-state index contributed by atoms with van der Waals surface area (Å²) in [5, 5.41) is 5.91. The molecule has 7 heteroatoms. The molecular weight excluding hydrogens is 404 g/mol. The minimum atomic E-state index is -0.273. The average molecular weight is 431 g/mol. The number of carbonyl (C=O) groups excluding carboxylic acids is 2. The van der Waals surface area contributed by atoms with Crippen molar-refractivity contribution in [3.63, 3.8) is 0 Å². The molecule has 0 saturated heterocycles. The number of benzene rings is 2. The van der Waals surface area contributed by atoms with Gasteiger partial charge in [0.15, 0.2) is 11.5 Å². The van der Waals surface area contributed by atoms with Gasteiger partial charge < -0.3 is 20.1 Å². The Balaban J connectivity index is 1.80. The van der Waals surface area contributed by atoms with Gasteiger partial charge in [-0.2, -0.15) is 0 Å². The van der Waals surface area contributed by atoms with Gasteiger partial charge in [0.2, 0.25) is 11.8 Å². The van der Waals surface area contributed by atoms with Crippen molar-refractivity contribution < 1.29 is 19.1 Å². The van der Waals surface area contributed by atoms with Gasteiger partial charge in [0.05, 0.1) is 24.7 Å². The number of hydrogen-bond donors (Lipinski definition) is 2. The van der Waals surface area contributed by atoms with Crippen molar-refractivity contribution in [3.05, 3.63) is 64.7 Å². The molecule has 2 N–H and O–H groups in total. The first-order chi connectivity index (χ1) is 14.4. The lowest BCUT2D eigenvalue weighted by Crippen LogP contribution is -2.34. The molecule has 0 atom stereocenters. The van der Waals surface area contributed by atoms with E-state index in [0.717, 1.165) is 5.56 Å². The molecule has 0 aliphatic carbocycles. The third-order valence-corrected chi connectivity index (χ3v) is 4.27. The summed E-state index contributed by atoms with van der Waals surface area (Å²) in [5.74, 6) is 0.612. The van der Waals surface area contributed by atoms with Crippen LogP contribution in [-0.2, 0) is 16.0 Å². The molecule has 2 aromatic rings. The molecule has 0 bridgehead atoms. The van der Waals surface area contributed by atoms with Crippen LogP contribution in [0, 0.1) is 0 Å². The van der Waals surface area contributed by atoms with Gasteiger partial charge in [-0.15, -0.1) is 0 Å². The number of nitrogens with one attached hydrogen (secondary N) is 2. The highest BCUT2D eigenvalue weighted by Crippen LogP contribution is 2.37. The lowest BCUT2D eigenvalue weighted by Gasteiger charge is -2.15. The van der Waals surface area contributed by atoms with Gasteiger partial charge in [-0.3, -0.25) is 9.59 Å². The highest BCUT2D eigenvalue weighted by atomic mass is 35.5. The predicted octanol–water partition coefficient (Wildman–Crippen LogP) is 3.62. The summed E-state index contributed by atoms with van der Waals surface area (Å²) in [6.45, 7) is 4.48. The van der Waals surface area contributed by atoms with Gasteiger partial charge in [0, 0.05) is 19.2 Å². The van der Waals surface area contributed by atoms with E-state index in [-0.39, 0.29) is 17.9 Å². The second-order valence-corrected chi connectivity index (χ2v) is 7.24. The van der Waals surface area contributed by atoms with Gasteiger partial charge >= 0.3 is 0 Å². The fraction of sp³-hybridized carbons (Fsp3) is 0.304. The summed E-state index contributed by atoms with van der Waals surface area (Å²) in [5.41, 5.74) is 1.65. The summed E-state index contributed by atoms with van der Waals surface area (Å²) in [6.07, 6.45) is 3.31. The van der Waals surface area contributed by atoms with E-state index >= 15 is 0 Å². The van der Waals surface area contributed by atoms with Gasteiger partial charge in [0.1, 0.15) is 0 Å². The molecule has 2 aromatic carbocycles. The molecule has 0 fully saturated rings. The van der Waals surface area contributed by atoms with Crippen molar-refractivity contribution in [2.45, 2.75) is 26.4 Å². The fourth-order valence-electron chi connectivity index (χ4n) is 2.65. The van der Waals surface area contributed by atoms with Crippen LogP contribution in [-0.4, -0.2) is 38.1 Å². The normalized spacial score (nSPS) is 10.8. The van der Waals surface area contributed by atoms with E-state index in [0.29, 0.717) is 41.6 Å². The summed E-state index contributed by atoms with van der Waals surface area (Å²) in [4.78, 5) is 23.9. The Kier molecular flexibility index (Phi) is 9.22. The Bertz CT molecular complexity index is 882. The van der Waals surface area contributed by atoms with Gasteiger partial charge in [-0.05, 0) is 43.2 Å². The largest absolute Gasteiger partial charge is 0.493 e. The van der Waals surface area contributed by atoms with Crippen molar-refractivity contribution >= 4 is 29.5 Å². The molecule has 0 aromatic heterocycles. The number of amides is 2. The van der Waals surface area contributed by atoms with E-state index in [9.17, 15) is 9.59 Å². The van der Waals surface area contributed by atoms with Crippen molar-refractivity contribution in [1.82, 2.24) is 10.6 Å². The summed E-state index contributed by atoms with van der Waals surface area (Å²) in [7, 11) is 1.53. The highest BCUT2D eigenvalue weighted by molar-refractivity contribution is 6.32. The van der Waals surface area contributed by atoms with Crippen LogP contribution in [0.3, 0.4) is 0 Å². The third-order valence-electron chi connectivity index (χ3n) is 3.99. The van der Waals surface area contributed by atoms with Crippen LogP contribution in [0.4, 0.5) is 0 Å². The van der Waals surface area contributed by atoms with Crippen LogP contribution in [0.1, 0.15) is 25.0 Å². The molecule has 6 nitrogen and oxygen atoms in total. The molecular formula is C23H27ClN2O4. The summed E-state index contributed by atoms with van der Waals surface area (Å²) >= 11 is 6.28. The molecule has 2 rings (SSSR count). The topological polar surface area (TPSA) is 76.7 Å². The van der Waals surface area contributed by atoms with Crippen LogP contribution in [0.5, 0.6) is 11.5 Å². The smallest absolute Gasteiger partial charge is 0.244 e. The number of halogens is 1. The minimum absolute atomic E-state index is 0.0447. The van der Waals surface area contributed by atoms with Crippen LogP contribution < -0.4 is 20.1 Å². The van der Waals surface area contributed by atoms with E-state index in [1.54, 1.807) is 18.2 Å². The fourth-order valence-corrected chi connectivity index (χ4v) is 2.91. The van der Waals surface area contributed by atoms with Gasteiger partial charge in [-0.1, -0.05) is 41.9 Å². The first-order valence-electron chi connectivity index (χ1n) is 9.69. The van der Waals surface area contributed by atoms with Gasteiger partial charge in [-0.25, -0.2) is 0 Å². The molecule has 0 unspecified atom stereocenters. The lowest BCUT2D eigenvalue weighted by molar-refractivity contribution is -0.121. The van der Waals surface area contributed by atoms with E-state index < -0.39 is 0 Å². The second kappa shape index (κ2) is 11.9. The van der Waals surface area contributed by atoms with E-state index in [1.165, 1.54) is 13.2 Å². The Morgan fingerprint density at radius 2 is 1.80 bits per heavy atom. The summed E-state index contributed by atoms with van der Waals surface area (Å²) in [6, 6.07) is 12.9. The standard InChI is InChI=1S/C23H27ClN2O4/c1-16(2)30-23-19(24)13-18(14-20(23)29-3)9-10-21(27)25-11-12-26-22(28)15-17-7-5-4-6-8-17/h4-10,13-14,16H,11-12,15H2,1-3H3,(H,25,27)(H,26,28)/b10-9+. The van der Waals surface area contributed by atoms with E-state index in [2.05, 4.69) is 10.6 Å². The van der Waals surface area contributed by atoms with E-state index in [1.807, 2.05) is 44.2 Å². The molecule has 0 aliphatic rings. The quantitative estimate of drug-likeness (QED) is 0.446. The zero-order valence-electron chi connectivity index (χ0n) is 17.4. The monoisotopic (exact) mass is 430 g/mol. The molecule has 0 aliphatic heterocycles. The first kappa shape index (κ1) is 23.3. The van der Waals surface area contributed by atoms with E-state index in [4.69, 9.17) is 21.1 Å². The lowest BCUT2D eigenvalue weighted by atomic mass is 10.1. The molecule has 0 radical (unpaired) electrons. The molecule has 30 heavy (non-hydrogen) atoms. The van der Waals surface area contributed by atoms with Crippen molar-refractivity contribution in [2.24, 2.45) is 0 Å². The Hall–Kier alpha value is -2.99. The third kappa shape index (κ3) is 7.79. The molecule has 0 spiro atoms. The van der Waals surface area contributed by atoms with Gasteiger partial charge in [0.25, 0.3) is 0 Å². The minimum Gasteiger partial charge on any atom is -0.493 e. The maximum absolute atomic E-state index is 12.0. The molecule has 160 valence electrons. The highest BCUT2D eigenvalue weighted by Gasteiger charge is 2.12. The van der Waals surface area contributed by atoms with Crippen LogP contribution in [0.25, 0.3) is 6.08 Å². The van der Waals surface area contributed by atoms with Crippen molar-refractivity contribution in [1.29, 1.82) is 0 Å². The predicted molar refractivity (Wildman–Crippen MR) is 119 cm³/mol. The molecule has 2 amide bonds. The van der Waals surface area contributed by atoms with Crippen molar-refractivity contribution in [2.75, 3.05) is 20.2 Å². The Morgan fingerprint density at radius 3 is 2.47 bits per heavy atom. The zero-order chi connectivity index (χ0) is 21.9. The van der Waals surface area contributed by atoms with Crippen LogP contribution >= 0.6 is 11.6 Å². The Morgan fingerprint density at radius 1 is 1.10 bits per heavy atom. The number of hydrogen-bond acceptors (Lipinski definition) is 4. The Labute approximate surface area is 182 Å². The maximum Gasteiger partial charge on any atom is 0.244 e. The number of ether oxygens (including phenoxy) is 2. The van der Waals surface area contributed by atoms with Crippen molar-refractivity contribution in [3.8, 4) is 11.5 Å². The zero-order valence-corrected chi connectivity index (χ0v) is 18.2.